The van der Waals surface area contributed by atoms with E-state index in [0.29, 0.717) is 5.69 Å². The lowest BCUT2D eigenvalue weighted by atomic mass is 10.1. The molecular formula is C21H24N2O4S. The number of sulfone groups is 1. The van der Waals surface area contributed by atoms with Crippen LogP contribution in [0.5, 0.6) is 0 Å². The van der Waals surface area contributed by atoms with Crippen LogP contribution in [-0.2, 0) is 19.4 Å². The Kier molecular flexibility index (Phi) is 5.30. The van der Waals surface area contributed by atoms with Crippen molar-refractivity contribution in [3.05, 3.63) is 53.1 Å². The van der Waals surface area contributed by atoms with Crippen molar-refractivity contribution < 1.29 is 18.0 Å². The zero-order valence-electron chi connectivity index (χ0n) is 16.4. The van der Waals surface area contributed by atoms with Crippen LogP contribution in [0.1, 0.15) is 30.0 Å². The Morgan fingerprint density at radius 1 is 1.14 bits per heavy atom. The Hall–Kier alpha value is -2.67. The largest absolute Gasteiger partial charge is 0.324 e. The first-order chi connectivity index (χ1) is 13.1. The van der Waals surface area contributed by atoms with Crippen LogP contribution < -0.4 is 10.2 Å². The van der Waals surface area contributed by atoms with Gasteiger partial charge >= 0.3 is 0 Å². The molecule has 0 bridgehead atoms. The summed E-state index contributed by atoms with van der Waals surface area (Å²) in [5.74, 6) is -0.751. The van der Waals surface area contributed by atoms with Gasteiger partial charge in [-0.25, -0.2) is 8.42 Å². The van der Waals surface area contributed by atoms with Crippen molar-refractivity contribution in [3.63, 3.8) is 0 Å². The van der Waals surface area contributed by atoms with Gasteiger partial charge in [0, 0.05) is 12.1 Å². The van der Waals surface area contributed by atoms with E-state index in [-0.39, 0.29) is 35.4 Å². The number of para-hydroxylation sites is 1. The van der Waals surface area contributed by atoms with E-state index in [0.717, 1.165) is 16.7 Å². The second-order valence-electron chi connectivity index (χ2n) is 7.33. The molecule has 3 rings (SSSR count). The third kappa shape index (κ3) is 3.67. The highest BCUT2D eigenvalue weighted by atomic mass is 32.2. The second kappa shape index (κ2) is 7.39. The summed E-state index contributed by atoms with van der Waals surface area (Å²) in [5, 5.41) is 2.04. The Labute approximate surface area is 165 Å². The first-order valence-electron chi connectivity index (χ1n) is 9.12. The third-order valence-electron chi connectivity index (χ3n) is 5.00. The van der Waals surface area contributed by atoms with Crippen LogP contribution in [0, 0.1) is 20.8 Å². The van der Waals surface area contributed by atoms with Crippen LogP contribution in [0.25, 0.3) is 0 Å². The molecule has 6 nitrogen and oxygen atoms in total. The average Bonchev–Trinajstić information content (AvgIpc) is 2.68. The number of fused-ring (bicyclic) bond motifs is 1. The zero-order chi connectivity index (χ0) is 20.6. The molecule has 1 N–H and O–H groups in total. The van der Waals surface area contributed by atoms with Crippen LogP contribution in [0.2, 0.25) is 0 Å². The van der Waals surface area contributed by atoms with Crippen LogP contribution in [0.4, 0.5) is 11.4 Å². The van der Waals surface area contributed by atoms with Crippen molar-refractivity contribution in [2.75, 3.05) is 16.8 Å². The Morgan fingerprint density at radius 3 is 2.39 bits per heavy atom. The lowest BCUT2D eigenvalue weighted by Gasteiger charge is -2.22. The van der Waals surface area contributed by atoms with Gasteiger partial charge in [0.1, 0.15) is 6.54 Å². The van der Waals surface area contributed by atoms with Gasteiger partial charge in [-0.3, -0.25) is 9.59 Å². The van der Waals surface area contributed by atoms with Crippen LogP contribution in [-0.4, -0.2) is 32.0 Å². The zero-order valence-corrected chi connectivity index (χ0v) is 17.3. The first kappa shape index (κ1) is 20.1. The average molecular weight is 401 g/mol. The third-order valence-corrected chi connectivity index (χ3v) is 7.18. The number of hydrogen-bond donors (Lipinski definition) is 1. The molecule has 1 atom stereocenters. The molecule has 0 aliphatic carbocycles. The summed E-state index contributed by atoms with van der Waals surface area (Å²) in [6.45, 7) is 7.09. The van der Waals surface area contributed by atoms with Crippen molar-refractivity contribution in [1.82, 2.24) is 0 Å². The number of hydrogen-bond acceptors (Lipinski definition) is 4. The maximum absolute atomic E-state index is 12.7. The fourth-order valence-corrected chi connectivity index (χ4v) is 5.14. The van der Waals surface area contributed by atoms with Gasteiger partial charge in [0.2, 0.25) is 11.8 Å². The highest BCUT2D eigenvalue weighted by molar-refractivity contribution is 7.92. The minimum Gasteiger partial charge on any atom is -0.324 e. The number of nitrogens with one attached hydrogen (secondary N) is 1. The van der Waals surface area contributed by atoms with E-state index >= 15 is 0 Å². The van der Waals surface area contributed by atoms with Crippen molar-refractivity contribution in [2.24, 2.45) is 0 Å². The molecule has 7 heteroatoms. The molecule has 2 aromatic rings. The summed E-state index contributed by atoms with van der Waals surface area (Å²) in [7, 11) is -3.63. The van der Waals surface area contributed by atoms with Crippen molar-refractivity contribution in [3.8, 4) is 0 Å². The maximum atomic E-state index is 12.7. The lowest BCUT2D eigenvalue weighted by molar-refractivity contribution is -0.121. The number of carbonyl (C=O) groups excluding carboxylic acids is 2. The molecule has 148 valence electrons. The van der Waals surface area contributed by atoms with Gasteiger partial charge in [0.05, 0.1) is 15.8 Å². The number of nitrogens with zero attached hydrogens (tertiary/aromatic N) is 1. The lowest BCUT2D eigenvalue weighted by Crippen LogP contribution is -2.38. The molecular weight excluding hydrogens is 376 g/mol. The molecule has 0 fully saturated rings. The minimum absolute atomic E-state index is 0.0869. The molecule has 0 saturated carbocycles. The number of anilines is 2. The SMILES string of the molecule is Cc1cc(C)c(NC(=O)CN2C(=O)CC(C)S(=O)(=O)c3ccccc32)c(C)c1. The topological polar surface area (TPSA) is 83.6 Å². The summed E-state index contributed by atoms with van der Waals surface area (Å²) < 4.78 is 25.5. The summed E-state index contributed by atoms with van der Waals surface area (Å²) in [4.78, 5) is 26.8. The molecule has 0 aromatic heterocycles. The van der Waals surface area contributed by atoms with Crippen molar-refractivity contribution in [2.45, 2.75) is 44.3 Å². The smallest absolute Gasteiger partial charge is 0.244 e. The normalized spacial score (nSPS) is 18.4. The number of rotatable bonds is 3. The van der Waals surface area contributed by atoms with Crippen LogP contribution >= 0.6 is 0 Å². The molecule has 1 aliphatic heterocycles. The number of carbonyl (C=O) groups is 2. The highest BCUT2D eigenvalue weighted by Gasteiger charge is 2.36. The van der Waals surface area contributed by atoms with Gasteiger partial charge in [-0.05, 0) is 51.0 Å². The molecule has 28 heavy (non-hydrogen) atoms. The molecule has 0 radical (unpaired) electrons. The number of aryl methyl sites for hydroxylation is 3. The monoisotopic (exact) mass is 400 g/mol. The molecule has 1 heterocycles. The van der Waals surface area contributed by atoms with Gasteiger partial charge < -0.3 is 10.2 Å². The Balaban J connectivity index is 1.93. The summed E-state index contributed by atoms with van der Waals surface area (Å²) in [6, 6.07) is 10.3. The molecule has 2 aromatic carbocycles. The first-order valence-corrected chi connectivity index (χ1v) is 10.7. The molecule has 0 saturated heterocycles. The van der Waals surface area contributed by atoms with Gasteiger partial charge in [-0.2, -0.15) is 0 Å². The number of amides is 2. The van der Waals surface area contributed by atoms with Gasteiger partial charge in [-0.15, -0.1) is 0 Å². The molecule has 2 amide bonds. The fourth-order valence-electron chi connectivity index (χ4n) is 3.61. The van der Waals surface area contributed by atoms with Crippen molar-refractivity contribution in [1.29, 1.82) is 0 Å². The number of benzene rings is 2. The molecule has 0 spiro atoms. The van der Waals surface area contributed by atoms with Crippen LogP contribution in [0.15, 0.2) is 41.3 Å². The quantitative estimate of drug-likeness (QED) is 0.858. The second-order valence-corrected chi connectivity index (χ2v) is 9.66. The van der Waals surface area contributed by atoms with E-state index in [1.807, 2.05) is 32.9 Å². The molecule has 1 unspecified atom stereocenters. The van der Waals surface area contributed by atoms with E-state index in [1.165, 1.54) is 17.9 Å². The van der Waals surface area contributed by atoms with E-state index < -0.39 is 15.1 Å². The van der Waals surface area contributed by atoms with Gasteiger partial charge in [0.15, 0.2) is 9.84 Å². The van der Waals surface area contributed by atoms with E-state index in [2.05, 4.69) is 5.32 Å². The maximum Gasteiger partial charge on any atom is 0.244 e. The van der Waals surface area contributed by atoms with Gasteiger partial charge in [-0.1, -0.05) is 29.8 Å². The van der Waals surface area contributed by atoms with E-state index in [4.69, 9.17) is 0 Å². The van der Waals surface area contributed by atoms with Crippen LogP contribution in [0.3, 0.4) is 0 Å². The minimum atomic E-state index is -3.63. The van der Waals surface area contributed by atoms with E-state index in [1.54, 1.807) is 18.2 Å². The molecule has 1 aliphatic rings. The highest BCUT2D eigenvalue weighted by Crippen LogP contribution is 2.33. The Bertz CT molecular complexity index is 1040. The predicted molar refractivity (Wildman–Crippen MR) is 109 cm³/mol. The predicted octanol–water partition coefficient (Wildman–Crippen LogP) is 3.15. The fraction of sp³-hybridized carbons (Fsp3) is 0.333. The Morgan fingerprint density at radius 2 is 1.75 bits per heavy atom. The summed E-state index contributed by atoms with van der Waals surface area (Å²) >= 11 is 0. The van der Waals surface area contributed by atoms with Gasteiger partial charge in [0.25, 0.3) is 0 Å². The van der Waals surface area contributed by atoms with E-state index in [9.17, 15) is 18.0 Å². The summed E-state index contributed by atoms with van der Waals surface area (Å²) in [6.07, 6.45) is -0.160. The summed E-state index contributed by atoms with van der Waals surface area (Å²) in [5.41, 5.74) is 3.94. The standard InChI is InChI=1S/C21H24N2O4S/c1-13-9-14(2)21(15(3)10-13)22-19(24)12-23-17-7-5-6-8-18(17)28(26,27)16(4)11-20(23)25/h5-10,16H,11-12H2,1-4H3,(H,22,24). The van der Waals surface area contributed by atoms with Crippen molar-refractivity contribution >= 4 is 33.0 Å².